The summed E-state index contributed by atoms with van der Waals surface area (Å²) in [5.74, 6) is 0.371. The third-order valence-corrected chi connectivity index (χ3v) is 6.38. The van der Waals surface area contributed by atoms with Crippen molar-refractivity contribution < 1.29 is 14.4 Å². The minimum absolute atomic E-state index is 0.0120. The number of urea groups is 1. The van der Waals surface area contributed by atoms with E-state index in [1.54, 1.807) is 0 Å². The van der Waals surface area contributed by atoms with Crippen LogP contribution >= 0.6 is 11.3 Å². The van der Waals surface area contributed by atoms with Gasteiger partial charge in [0.15, 0.2) is 0 Å². The number of nitrogens with two attached hydrogens (primary N) is 1. The molecule has 0 aliphatic carbocycles. The van der Waals surface area contributed by atoms with Crippen LogP contribution in [0.2, 0.25) is 0 Å². The van der Waals surface area contributed by atoms with Crippen molar-refractivity contribution in [2.24, 2.45) is 11.7 Å². The van der Waals surface area contributed by atoms with E-state index in [4.69, 9.17) is 5.73 Å². The third kappa shape index (κ3) is 4.00. The van der Waals surface area contributed by atoms with Gasteiger partial charge in [-0.05, 0) is 55.5 Å². The Morgan fingerprint density at radius 2 is 1.96 bits per heavy atom. The van der Waals surface area contributed by atoms with Crippen molar-refractivity contribution in [2.45, 2.75) is 38.6 Å². The number of carbonyl (C=O) groups is 3. The van der Waals surface area contributed by atoms with E-state index in [0.717, 1.165) is 29.7 Å². The van der Waals surface area contributed by atoms with Gasteiger partial charge in [-0.2, -0.15) is 0 Å². The number of aryl methyl sites for hydroxylation is 1. The predicted octanol–water partition coefficient (Wildman–Crippen LogP) is 1.57. The Morgan fingerprint density at radius 1 is 1.23 bits per heavy atom. The fraction of sp³-hybridized carbons (Fsp3) is 0.611. The van der Waals surface area contributed by atoms with Crippen molar-refractivity contribution in [3.05, 3.63) is 21.9 Å². The number of nitrogens with one attached hydrogen (secondary N) is 1. The van der Waals surface area contributed by atoms with Crippen molar-refractivity contribution in [2.75, 3.05) is 26.2 Å². The standard InChI is InChI=1S/C18H26N4O3S/c1-12-6-10-26-15(12)16(23)20-11-13-4-8-21(9-5-13)17(24)14-3-2-7-22(14)18(19)25/h6,10,13-14H,2-5,7-9,11H2,1H3,(H2,19,25)(H,20,23)/t14-/m0/s1. The molecular formula is C18H26N4O3S. The minimum atomic E-state index is -0.512. The molecule has 0 bridgehead atoms. The van der Waals surface area contributed by atoms with Crippen LogP contribution in [0.25, 0.3) is 0 Å². The van der Waals surface area contributed by atoms with Gasteiger partial charge >= 0.3 is 6.03 Å². The van der Waals surface area contributed by atoms with Crippen LogP contribution in [-0.4, -0.2) is 59.9 Å². The lowest BCUT2D eigenvalue weighted by Gasteiger charge is -2.35. The number of likely N-dealkylation sites (tertiary alicyclic amines) is 2. The highest BCUT2D eigenvalue weighted by molar-refractivity contribution is 7.12. The number of amides is 4. The lowest BCUT2D eigenvalue weighted by atomic mass is 9.96. The molecule has 2 fully saturated rings. The van der Waals surface area contributed by atoms with E-state index in [1.807, 2.05) is 23.3 Å². The van der Waals surface area contributed by atoms with E-state index in [2.05, 4.69) is 5.32 Å². The molecule has 1 atom stereocenters. The molecule has 142 valence electrons. The average molecular weight is 378 g/mol. The Labute approximate surface area is 157 Å². The number of rotatable bonds is 4. The maximum atomic E-state index is 12.7. The van der Waals surface area contributed by atoms with Crippen molar-refractivity contribution in [3.8, 4) is 0 Å². The first-order valence-corrected chi connectivity index (χ1v) is 10.0. The number of carbonyl (C=O) groups excluding carboxylic acids is 3. The van der Waals surface area contributed by atoms with E-state index in [-0.39, 0.29) is 11.8 Å². The van der Waals surface area contributed by atoms with E-state index >= 15 is 0 Å². The number of nitrogens with zero attached hydrogens (tertiary/aromatic N) is 2. The molecule has 0 aromatic carbocycles. The Bertz CT molecular complexity index is 682. The van der Waals surface area contributed by atoms with Crippen LogP contribution in [0, 0.1) is 12.8 Å². The molecule has 26 heavy (non-hydrogen) atoms. The molecule has 3 heterocycles. The number of thiophene rings is 1. The monoisotopic (exact) mass is 378 g/mol. The Kier molecular flexibility index (Phi) is 5.80. The zero-order valence-corrected chi connectivity index (χ0v) is 15.9. The lowest BCUT2D eigenvalue weighted by Crippen LogP contribution is -2.51. The summed E-state index contributed by atoms with van der Waals surface area (Å²) in [4.78, 5) is 40.4. The third-order valence-electron chi connectivity index (χ3n) is 5.37. The summed E-state index contributed by atoms with van der Waals surface area (Å²) in [5, 5.41) is 4.94. The van der Waals surface area contributed by atoms with Crippen LogP contribution in [0.1, 0.15) is 40.9 Å². The quantitative estimate of drug-likeness (QED) is 0.832. The predicted molar refractivity (Wildman–Crippen MR) is 100 cm³/mol. The first kappa shape index (κ1) is 18.7. The van der Waals surface area contributed by atoms with Crippen molar-refractivity contribution in [1.82, 2.24) is 15.1 Å². The average Bonchev–Trinajstić information content (AvgIpc) is 3.28. The second kappa shape index (κ2) is 8.07. The molecule has 0 saturated carbocycles. The molecule has 1 aromatic heterocycles. The zero-order valence-electron chi connectivity index (χ0n) is 15.1. The van der Waals surface area contributed by atoms with E-state index in [1.165, 1.54) is 16.2 Å². The molecule has 0 unspecified atom stereocenters. The summed E-state index contributed by atoms with van der Waals surface area (Å²) in [6.45, 7) is 4.47. The van der Waals surface area contributed by atoms with Gasteiger partial charge in [0.25, 0.3) is 5.91 Å². The Morgan fingerprint density at radius 3 is 2.58 bits per heavy atom. The van der Waals surface area contributed by atoms with Gasteiger partial charge in [-0.15, -0.1) is 11.3 Å². The van der Waals surface area contributed by atoms with Gasteiger partial charge < -0.3 is 20.9 Å². The van der Waals surface area contributed by atoms with E-state index in [0.29, 0.717) is 38.5 Å². The molecule has 0 spiro atoms. The zero-order chi connectivity index (χ0) is 18.7. The van der Waals surface area contributed by atoms with Crippen molar-refractivity contribution >= 4 is 29.2 Å². The summed E-state index contributed by atoms with van der Waals surface area (Å²) in [5.41, 5.74) is 6.38. The molecular weight excluding hydrogens is 352 g/mol. The number of piperidine rings is 1. The highest BCUT2D eigenvalue weighted by Crippen LogP contribution is 2.23. The van der Waals surface area contributed by atoms with Crippen molar-refractivity contribution in [3.63, 3.8) is 0 Å². The largest absolute Gasteiger partial charge is 0.351 e. The van der Waals surface area contributed by atoms with Gasteiger partial charge in [-0.1, -0.05) is 0 Å². The second-order valence-electron chi connectivity index (χ2n) is 7.10. The molecule has 0 radical (unpaired) electrons. The van der Waals surface area contributed by atoms with Gasteiger partial charge in [0.2, 0.25) is 5.91 Å². The molecule has 1 aromatic rings. The van der Waals surface area contributed by atoms with Crippen molar-refractivity contribution in [1.29, 1.82) is 0 Å². The van der Waals surface area contributed by atoms with E-state index < -0.39 is 12.1 Å². The van der Waals surface area contributed by atoms with Gasteiger partial charge in [0, 0.05) is 26.2 Å². The molecule has 4 amide bonds. The van der Waals surface area contributed by atoms with E-state index in [9.17, 15) is 14.4 Å². The maximum Gasteiger partial charge on any atom is 0.315 e. The molecule has 2 saturated heterocycles. The molecule has 3 rings (SSSR count). The summed E-state index contributed by atoms with van der Waals surface area (Å²) in [6.07, 6.45) is 3.24. The Hall–Kier alpha value is -2.09. The summed E-state index contributed by atoms with van der Waals surface area (Å²) in [7, 11) is 0. The first-order chi connectivity index (χ1) is 12.5. The highest BCUT2D eigenvalue weighted by atomic mass is 32.1. The summed E-state index contributed by atoms with van der Waals surface area (Å²) in [6, 6.07) is 1.04. The fourth-order valence-corrected chi connectivity index (χ4v) is 4.62. The summed E-state index contributed by atoms with van der Waals surface area (Å²) < 4.78 is 0. The van der Waals surface area contributed by atoms with Crippen LogP contribution in [0.3, 0.4) is 0 Å². The van der Waals surface area contributed by atoms with Crippen LogP contribution in [0.5, 0.6) is 0 Å². The van der Waals surface area contributed by atoms with Gasteiger partial charge in [0.05, 0.1) is 4.88 Å². The minimum Gasteiger partial charge on any atom is -0.351 e. The topological polar surface area (TPSA) is 95.7 Å². The molecule has 2 aliphatic rings. The second-order valence-corrected chi connectivity index (χ2v) is 8.02. The summed E-state index contributed by atoms with van der Waals surface area (Å²) >= 11 is 1.46. The van der Waals surface area contributed by atoms with Crippen LogP contribution in [0.4, 0.5) is 4.79 Å². The normalized spacial score (nSPS) is 21.0. The van der Waals surface area contributed by atoms with Gasteiger partial charge in [0.1, 0.15) is 6.04 Å². The highest BCUT2D eigenvalue weighted by Gasteiger charge is 2.36. The number of hydrogen-bond donors (Lipinski definition) is 2. The number of primary amides is 1. The van der Waals surface area contributed by atoms with Gasteiger partial charge in [-0.25, -0.2) is 4.79 Å². The van der Waals surface area contributed by atoms with Crippen LogP contribution < -0.4 is 11.1 Å². The fourth-order valence-electron chi connectivity index (χ4n) is 3.78. The smallest absolute Gasteiger partial charge is 0.315 e. The molecule has 8 heteroatoms. The molecule has 2 aliphatic heterocycles. The Balaban J connectivity index is 1.45. The first-order valence-electron chi connectivity index (χ1n) is 9.14. The number of hydrogen-bond acceptors (Lipinski definition) is 4. The molecule has 7 nitrogen and oxygen atoms in total. The van der Waals surface area contributed by atoms with Crippen LogP contribution in [0.15, 0.2) is 11.4 Å². The molecule has 3 N–H and O–H groups in total. The van der Waals surface area contributed by atoms with Gasteiger partial charge in [-0.3, -0.25) is 9.59 Å². The maximum absolute atomic E-state index is 12.7. The lowest BCUT2D eigenvalue weighted by molar-refractivity contribution is -0.136. The van der Waals surface area contributed by atoms with Crippen LogP contribution in [-0.2, 0) is 4.79 Å². The SMILES string of the molecule is Cc1ccsc1C(=O)NCC1CCN(C(=O)[C@@H]2CCCN2C(N)=O)CC1.